The highest BCUT2D eigenvalue weighted by Gasteiger charge is 2.37. The van der Waals surface area contributed by atoms with Crippen LogP contribution in [0.3, 0.4) is 0 Å². The maximum Gasteiger partial charge on any atom is 0.408 e. The molecule has 4 amide bonds. The molecule has 9 nitrogen and oxygen atoms in total. The molecule has 2 unspecified atom stereocenters. The number of alkyl carbamates (subject to hydrolysis) is 1. The van der Waals surface area contributed by atoms with E-state index < -0.39 is 42.0 Å². The molecule has 0 saturated heterocycles. The van der Waals surface area contributed by atoms with Gasteiger partial charge in [-0.2, -0.15) is 0 Å². The molecule has 9 heteroatoms. The van der Waals surface area contributed by atoms with Crippen LogP contribution in [0, 0.1) is 13.8 Å². The molecule has 0 fully saturated rings. The number of aryl methyl sites for hydroxylation is 2. The number of carbonyl (C=O) groups excluding carboxylic acids is 4. The number of hydrogen-bond acceptors (Lipinski definition) is 5. The zero-order valence-electron chi connectivity index (χ0n) is 23.1. The predicted octanol–water partition coefficient (Wildman–Crippen LogP) is 3.66. The second kappa shape index (κ2) is 13.8. The fraction of sp³-hybridized carbons (Fsp3) is 0.630. The minimum Gasteiger partial charge on any atom is -0.444 e. The van der Waals surface area contributed by atoms with E-state index in [1.54, 1.807) is 20.8 Å². The maximum absolute atomic E-state index is 13.9. The molecule has 1 aromatic carbocycles. The van der Waals surface area contributed by atoms with Gasteiger partial charge in [-0.1, -0.05) is 38.0 Å². The molecular weight excluding hydrogens is 460 g/mol. The van der Waals surface area contributed by atoms with Crippen LogP contribution in [0.4, 0.5) is 4.79 Å². The van der Waals surface area contributed by atoms with Gasteiger partial charge in [0.05, 0.1) is 6.42 Å². The van der Waals surface area contributed by atoms with Crippen molar-refractivity contribution < 1.29 is 23.9 Å². The van der Waals surface area contributed by atoms with Gasteiger partial charge < -0.3 is 26.0 Å². The van der Waals surface area contributed by atoms with Crippen molar-refractivity contribution >= 4 is 23.8 Å². The number of ether oxygens (including phenoxy) is 1. The summed E-state index contributed by atoms with van der Waals surface area (Å²) in [6, 6.07) is 3.25. The van der Waals surface area contributed by atoms with Crippen molar-refractivity contribution in [3.8, 4) is 0 Å². The topological polar surface area (TPSA) is 131 Å². The van der Waals surface area contributed by atoms with Gasteiger partial charge in [-0.15, -0.1) is 0 Å². The Kier molecular flexibility index (Phi) is 11.9. The average Bonchev–Trinajstić information content (AvgIpc) is 2.72. The largest absolute Gasteiger partial charge is 0.444 e. The normalized spacial score (nSPS) is 13.0. The molecule has 0 radical (unpaired) electrons. The molecule has 0 heterocycles. The Morgan fingerprint density at radius 3 is 2.17 bits per heavy atom. The molecule has 202 valence electrons. The van der Waals surface area contributed by atoms with Crippen LogP contribution in [-0.4, -0.2) is 52.9 Å². The smallest absolute Gasteiger partial charge is 0.408 e. The number of rotatable bonds is 12. The van der Waals surface area contributed by atoms with E-state index in [2.05, 4.69) is 10.6 Å². The molecule has 1 rings (SSSR count). The van der Waals surface area contributed by atoms with Crippen molar-refractivity contribution in [1.82, 2.24) is 15.5 Å². The lowest BCUT2D eigenvalue weighted by Gasteiger charge is -2.35. The number of nitrogens with one attached hydrogen (secondary N) is 2. The minimum absolute atomic E-state index is 0.152. The van der Waals surface area contributed by atoms with E-state index >= 15 is 0 Å². The molecule has 0 spiro atoms. The van der Waals surface area contributed by atoms with Crippen molar-refractivity contribution in [2.45, 2.75) is 105 Å². The molecule has 2 atom stereocenters. The average molecular weight is 505 g/mol. The number of amides is 4. The summed E-state index contributed by atoms with van der Waals surface area (Å²) < 4.78 is 5.30. The van der Waals surface area contributed by atoms with Crippen LogP contribution in [0.1, 0.15) is 90.0 Å². The van der Waals surface area contributed by atoms with Crippen LogP contribution in [0.5, 0.6) is 0 Å². The summed E-state index contributed by atoms with van der Waals surface area (Å²) >= 11 is 0. The first-order valence-corrected chi connectivity index (χ1v) is 12.6. The van der Waals surface area contributed by atoms with Crippen LogP contribution in [-0.2, 0) is 19.1 Å². The number of carbonyl (C=O) groups is 4. The first-order valence-electron chi connectivity index (χ1n) is 12.6. The first-order chi connectivity index (χ1) is 16.7. The fourth-order valence-corrected chi connectivity index (χ4v) is 3.72. The highest BCUT2D eigenvalue weighted by molar-refractivity contribution is 5.94. The van der Waals surface area contributed by atoms with E-state index in [9.17, 15) is 19.2 Å². The van der Waals surface area contributed by atoms with Crippen LogP contribution < -0.4 is 16.4 Å². The first kappa shape index (κ1) is 30.9. The summed E-state index contributed by atoms with van der Waals surface area (Å²) in [6.07, 6.45) is 1.14. The van der Waals surface area contributed by atoms with Gasteiger partial charge in [0.2, 0.25) is 17.7 Å². The molecule has 0 aliphatic heterocycles. The third kappa shape index (κ3) is 10.3. The Bertz CT molecular complexity index is 923. The highest BCUT2D eigenvalue weighted by atomic mass is 16.6. The van der Waals surface area contributed by atoms with Crippen LogP contribution in [0.2, 0.25) is 0 Å². The van der Waals surface area contributed by atoms with E-state index in [1.807, 2.05) is 52.8 Å². The van der Waals surface area contributed by atoms with E-state index in [0.29, 0.717) is 12.0 Å². The molecule has 0 saturated carbocycles. The third-order valence-electron chi connectivity index (χ3n) is 5.52. The highest BCUT2D eigenvalue weighted by Crippen LogP contribution is 2.26. The second-order valence-electron chi connectivity index (χ2n) is 10.5. The van der Waals surface area contributed by atoms with Crippen molar-refractivity contribution in [1.29, 1.82) is 0 Å². The molecule has 0 aliphatic carbocycles. The molecule has 0 aromatic heterocycles. The summed E-state index contributed by atoms with van der Waals surface area (Å²) in [5.41, 5.74) is 7.31. The Morgan fingerprint density at radius 1 is 1.03 bits per heavy atom. The number of nitrogens with two attached hydrogens (primary N) is 1. The van der Waals surface area contributed by atoms with Crippen LogP contribution >= 0.6 is 0 Å². The van der Waals surface area contributed by atoms with Gasteiger partial charge in [-0.05, 0) is 71.6 Å². The quantitative estimate of drug-likeness (QED) is 0.374. The SMILES string of the molecule is CCCCCN(C(=O)C(CC(N)=O)NC(=O)OC(C)(C)C)C(C(=O)NC(C)C)c1ccc(C)c(C)c1. The molecule has 4 N–H and O–H groups in total. The zero-order chi connectivity index (χ0) is 27.6. The Hall–Kier alpha value is -3.10. The summed E-state index contributed by atoms with van der Waals surface area (Å²) in [5.74, 6) is -1.67. The van der Waals surface area contributed by atoms with Gasteiger partial charge in [-0.3, -0.25) is 14.4 Å². The lowest BCUT2D eigenvalue weighted by atomic mass is 9.97. The molecule has 36 heavy (non-hydrogen) atoms. The zero-order valence-corrected chi connectivity index (χ0v) is 23.1. The van der Waals surface area contributed by atoms with E-state index in [-0.39, 0.29) is 18.5 Å². The van der Waals surface area contributed by atoms with Crippen molar-refractivity contribution in [2.75, 3.05) is 6.54 Å². The third-order valence-corrected chi connectivity index (χ3v) is 5.52. The molecule has 0 aliphatic rings. The standard InChI is InChI=1S/C27H44N4O5/c1-9-10-11-14-31(25(34)21(16-22(28)32)30-26(35)36-27(6,7)8)23(24(33)29-17(2)3)20-13-12-18(4)19(5)15-20/h12-13,15,17,21,23H,9-11,14,16H2,1-8H3,(H2,28,32)(H,29,33)(H,30,35). The number of hydrogen-bond donors (Lipinski definition) is 3. The van der Waals surface area contributed by atoms with Gasteiger partial charge >= 0.3 is 6.09 Å². The Balaban J connectivity index is 3.53. The lowest BCUT2D eigenvalue weighted by Crippen LogP contribution is -2.54. The van der Waals surface area contributed by atoms with Gasteiger partial charge in [0.1, 0.15) is 17.7 Å². The van der Waals surface area contributed by atoms with Gasteiger partial charge in [0, 0.05) is 12.6 Å². The summed E-state index contributed by atoms with van der Waals surface area (Å²) in [6.45, 7) is 15.0. The lowest BCUT2D eigenvalue weighted by molar-refractivity contribution is -0.143. The second-order valence-corrected chi connectivity index (χ2v) is 10.5. The maximum atomic E-state index is 13.9. The van der Waals surface area contributed by atoms with E-state index in [0.717, 1.165) is 24.0 Å². The van der Waals surface area contributed by atoms with E-state index in [4.69, 9.17) is 10.5 Å². The predicted molar refractivity (Wildman–Crippen MR) is 140 cm³/mol. The summed E-state index contributed by atoms with van der Waals surface area (Å²) in [4.78, 5) is 53.2. The van der Waals surface area contributed by atoms with Gasteiger partial charge in [0.15, 0.2) is 0 Å². The van der Waals surface area contributed by atoms with E-state index in [1.165, 1.54) is 4.90 Å². The number of unbranched alkanes of at least 4 members (excludes halogenated alkanes) is 2. The number of nitrogens with zero attached hydrogens (tertiary/aromatic N) is 1. The van der Waals surface area contributed by atoms with Crippen LogP contribution in [0.15, 0.2) is 18.2 Å². The van der Waals surface area contributed by atoms with Gasteiger partial charge in [0.25, 0.3) is 0 Å². The molecular formula is C27H44N4O5. The molecule has 0 bridgehead atoms. The molecule has 1 aromatic rings. The Morgan fingerprint density at radius 2 is 1.67 bits per heavy atom. The fourth-order valence-electron chi connectivity index (χ4n) is 3.72. The monoisotopic (exact) mass is 504 g/mol. The van der Waals surface area contributed by atoms with Gasteiger partial charge in [-0.25, -0.2) is 4.79 Å². The van der Waals surface area contributed by atoms with Crippen molar-refractivity contribution in [3.63, 3.8) is 0 Å². The number of primary amides is 1. The summed E-state index contributed by atoms with van der Waals surface area (Å²) in [7, 11) is 0. The number of benzene rings is 1. The minimum atomic E-state index is -1.28. The summed E-state index contributed by atoms with van der Waals surface area (Å²) in [5, 5.41) is 5.41. The van der Waals surface area contributed by atoms with Crippen molar-refractivity contribution in [3.05, 3.63) is 34.9 Å². The van der Waals surface area contributed by atoms with Crippen molar-refractivity contribution in [2.24, 2.45) is 5.73 Å². The van der Waals surface area contributed by atoms with Crippen LogP contribution in [0.25, 0.3) is 0 Å². The Labute approximate surface area is 215 Å².